The van der Waals surface area contributed by atoms with Gasteiger partial charge in [0, 0.05) is 5.02 Å². The summed E-state index contributed by atoms with van der Waals surface area (Å²) in [6.45, 7) is -0.144. The average molecular weight is 358 g/mol. The van der Waals surface area contributed by atoms with E-state index in [0.717, 1.165) is 0 Å². The number of hydrogen-bond acceptors (Lipinski definition) is 3. The second-order valence-electron chi connectivity index (χ2n) is 2.56. The van der Waals surface area contributed by atoms with Crippen LogP contribution in [0.2, 0.25) is 5.02 Å². The first-order chi connectivity index (χ1) is 7.04. The summed E-state index contributed by atoms with van der Waals surface area (Å²) in [5.41, 5.74) is 0. The summed E-state index contributed by atoms with van der Waals surface area (Å²) in [7, 11) is 1.30. The summed E-state index contributed by atoms with van der Waals surface area (Å²) in [6.07, 6.45) is 0. The Morgan fingerprint density at radius 1 is 1.40 bits per heavy atom. The fraction of sp³-hybridized carbons (Fsp3) is 0.222. The number of benzene rings is 1. The van der Waals surface area contributed by atoms with Gasteiger partial charge in [-0.05, 0) is 44.0 Å². The Bertz CT molecular complexity index is 359. The Hall–Kier alpha value is -0.260. The quantitative estimate of drug-likeness (QED) is 0.777. The molecule has 1 aromatic carbocycles. The SMILES string of the molecule is COC(=O)COc1c(Br)cc(Cl)cc1Br. The van der Waals surface area contributed by atoms with Gasteiger partial charge < -0.3 is 9.47 Å². The predicted octanol–water partition coefficient (Wildman–Crippen LogP) is 3.42. The van der Waals surface area contributed by atoms with E-state index in [9.17, 15) is 4.79 Å². The molecule has 0 aliphatic heterocycles. The molecule has 1 rings (SSSR count). The number of ether oxygens (including phenoxy) is 2. The Balaban J connectivity index is 2.81. The van der Waals surface area contributed by atoms with Crippen molar-refractivity contribution in [3.05, 3.63) is 26.1 Å². The van der Waals surface area contributed by atoms with Crippen LogP contribution in [0.4, 0.5) is 0 Å². The van der Waals surface area contributed by atoms with Gasteiger partial charge in [-0.15, -0.1) is 0 Å². The third-order valence-electron chi connectivity index (χ3n) is 1.53. The molecule has 0 unspecified atom stereocenters. The lowest BCUT2D eigenvalue weighted by atomic mass is 10.3. The first-order valence-electron chi connectivity index (χ1n) is 3.88. The number of hydrogen-bond donors (Lipinski definition) is 0. The fourth-order valence-electron chi connectivity index (χ4n) is 0.857. The molecule has 6 heteroatoms. The van der Waals surface area contributed by atoms with Crippen LogP contribution in [0.1, 0.15) is 0 Å². The molecule has 1 aromatic rings. The molecule has 0 radical (unpaired) electrons. The van der Waals surface area contributed by atoms with E-state index >= 15 is 0 Å². The van der Waals surface area contributed by atoms with Crippen molar-refractivity contribution in [1.29, 1.82) is 0 Å². The van der Waals surface area contributed by atoms with Crippen LogP contribution in [0, 0.1) is 0 Å². The fourth-order valence-corrected chi connectivity index (χ4v) is 2.75. The molecule has 0 aliphatic carbocycles. The van der Waals surface area contributed by atoms with Gasteiger partial charge in [0.1, 0.15) is 5.75 Å². The molecule has 3 nitrogen and oxygen atoms in total. The molecular weight excluding hydrogens is 351 g/mol. The van der Waals surface area contributed by atoms with E-state index in [2.05, 4.69) is 36.6 Å². The third-order valence-corrected chi connectivity index (χ3v) is 2.92. The number of esters is 1. The zero-order chi connectivity index (χ0) is 11.4. The standard InChI is InChI=1S/C9H7Br2ClO3/c1-14-8(13)4-15-9-6(10)2-5(12)3-7(9)11/h2-3H,4H2,1H3. The summed E-state index contributed by atoms with van der Waals surface area (Å²) in [6, 6.07) is 3.36. The number of carbonyl (C=O) groups is 1. The lowest BCUT2D eigenvalue weighted by molar-refractivity contribution is -0.142. The highest BCUT2D eigenvalue weighted by atomic mass is 79.9. The second-order valence-corrected chi connectivity index (χ2v) is 4.71. The number of halogens is 3. The molecule has 82 valence electrons. The normalized spacial score (nSPS) is 9.87. The van der Waals surface area contributed by atoms with Crippen molar-refractivity contribution in [2.45, 2.75) is 0 Å². The Labute approximate surface area is 109 Å². The molecule has 0 amide bonds. The summed E-state index contributed by atoms with van der Waals surface area (Å²) in [4.78, 5) is 10.9. The number of rotatable bonds is 3. The third kappa shape index (κ3) is 3.66. The minimum Gasteiger partial charge on any atom is -0.480 e. The zero-order valence-electron chi connectivity index (χ0n) is 7.72. The van der Waals surface area contributed by atoms with Crippen molar-refractivity contribution in [3.8, 4) is 5.75 Å². The van der Waals surface area contributed by atoms with Crippen molar-refractivity contribution in [3.63, 3.8) is 0 Å². The van der Waals surface area contributed by atoms with Gasteiger partial charge in [0.15, 0.2) is 6.61 Å². The smallest absolute Gasteiger partial charge is 0.343 e. The molecule has 0 N–H and O–H groups in total. The van der Waals surface area contributed by atoms with Gasteiger partial charge in [-0.1, -0.05) is 11.6 Å². The number of methoxy groups -OCH3 is 1. The molecule has 0 atom stereocenters. The summed E-state index contributed by atoms with van der Waals surface area (Å²) in [5, 5.41) is 0.569. The molecule has 0 saturated carbocycles. The van der Waals surface area contributed by atoms with E-state index in [0.29, 0.717) is 19.7 Å². The highest BCUT2D eigenvalue weighted by Crippen LogP contribution is 2.36. The van der Waals surface area contributed by atoms with E-state index < -0.39 is 5.97 Å². The van der Waals surface area contributed by atoms with Crippen molar-refractivity contribution in [2.24, 2.45) is 0 Å². The van der Waals surface area contributed by atoms with Crippen LogP contribution in [0.5, 0.6) is 5.75 Å². The highest BCUT2D eigenvalue weighted by molar-refractivity contribution is 9.11. The highest BCUT2D eigenvalue weighted by Gasteiger charge is 2.10. The van der Waals surface area contributed by atoms with E-state index in [-0.39, 0.29) is 6.61 Å². The van der Waals surface area contributed by atoms with Crippen LogP contribution in [-0.2, 0) is 9.53 Å². The average Bonchev–Trinajstić information content (AvgIpc) is 2.15. The first kappa shape index (κ1) is 12.8. The molecule has 0 saturated heterocycles. The van der Waals surface area contributed by atoms with Gasteiger partial charge in [-0.25, -0.2) is 4.79 Å². The van der Waals surface area contributed by atoms with Gasteiger partial charge in [-0.3, -0.25) is 0 Å². The van der Waals surface area contributed by atoms with Gasteiger partial charge >= 0.3 is 5.97 Å². The maximum Gasteiger partial charge on any atom is 0.343 e. The van der Waals surface area contributed by atoms with Crippen LogP contribution >= 0.6 is 43.5 Å². The molecule has 15 heavy (non-hydrogen) atoms. The van der Waals surface area contributed by atoms with Crippen molar-refractivity contribution in [1.82, 2.24) is 0 Å². The molecule has 0 bridgehead atoms. The molecular formula is C9H7Br2ClO3. The zero-order valence-corrected chi connectivity index (χ0v) is 11.6. The van der Waals surface area contributed by atoms with Gasteiger partial charge in [0.25, 0.3) is 0 Å². The topological polar surface area (TPSA) is 35.5 Å². The molecule has 0 heterocycles. The van der Waals surface area contributed by atoms with Crippen LogP contribution < -0.4 is 4.74 Å². The minimum absolute atomic E-state index is 0.144. The maximum atomic E-state index is 10.9. The minimum atomic E-state index is -0.441. The lowest BCUT2D eigenvalue weighted by Gasteiger charge is -2.09. The largest absolute Gasteiger partial charge is 0.480 e. The van der Waals surface area contributed by atoms with Crippen LogP contribution in [0.25, 0.3) is 0 Å². The Morgan fingerprint density at radius 2 is 1.93 bits per heavy atom. The molecule has 0 aliphatic rings. The van der Waals surface area contributed by atoms with Crippen LogP contribution in [0.15, 0.2) is 21.1 Å². The van der Waals surface area contributed by atoms with Crippen molar-refractivity contribution in [2.75, 3.05) is 13.7 Å². The molecule has 0 fully saturated rings. The number of carbonyl (C=O) groups excluding carboxylic acids is 1. The predicted molar refractivity (Wildman–Crippen MR) is 64.4 cm³/mol. The molecule has 0 spiro atoms. The summed E-state index contributed by atoms with van der Waals surface area (Å²) in [5.74, 6) is 0.0774. The van der Waals surface area contributed by atoms with Crippen molar-refractivity contribution < 1.29 is 14.3 Å². The first-order valence-corrected chi connectivity index (χ1v) is 5.85. The van der Waals surface area contributed by atoms with Crippen LogP contribution in [0.3, 0.4) is 0 Å². The van der Waals surface area contributed by atoms with Crippen LogP contribution in [-0.4, -0.2) is 19.7 Å². The van der Waals surface area contributed by atoms with Gasteiger partial charge in [0.05, 0.1) is 16.1 Å². The van der Waals surface area contributed by atoms with E-state index in [1.807, 2.05) is 0 Å². The van der Waals surface area contributed by atoms with Gasteiger partial charge in [0.2, 0.25) is 0 Å². The van der Waals surface area contributed by atoms with Gasteiger partial charge in [-0.2, -0.15) is 0 Å². The summed E-state index contributed by atoms with van der Waals surface area (Å²) >= 11 is 12.4. The monoisotopic (exact) mass is 356 g/mol. The van der Waals surface area contributed by atoms with E-state index in [1.165, 1.54) is 7.11 Å². The van der Waals surface area contributed by atoms with E-state index in [1.54, 1.807) is 12.1 Å². The Morgan fingerprint density at radius 3 is 2.40 bits per heavy atom. The van der Waals surface area contributed by atoms with Crippen molar-refractivity contribution >= 4 is 49.4 Å². The Kier molecular flexibility index (Phi) is 4.89. The molecule has 0 aromatic heterocycles. The maximum absolute atomic E-state index is 10.9. The lowest BCUT2D eigenvalue weighted by Crippen LogP contribution is -2.13. The second kappa shape index (κ2) is 5.72. The summed E-state index contributed by atoms with van der Waals surface area (Å²) < 4.78 is 11.0. The van der Waals surface area contributed by atoms with E-state index in [4.69, 9.17) is 16.3 Å².